The number of amides is 1. The van der Waals surface area contributed by atoms with Gasteiger partial charge in [0.05, 0.1) is 0 Å². The zero-order valence-electron chi connectivity index (χ0n) is 10.8. The first-order valence-electron chi connectivity index (χ1n) is 6.45. The molecule has 2 radical (unpaired) electrons. The maximum absolute atomic E-state index is 11.0. The van der Waals surface area contributed by atoms with Gasteiger partial charge in [-0.2, -0.15) is 0 Å². The van der Waals surface area contributed by atoms with Gasteiger partial charge in [0.2, 0.25) is 7.85 Å². The summed E-state index contributed by atoms with van der Waals surface area (Å²) < 4.78 is 0. The Labute approximate surface area is 114 Å². The highest BCUT2D eigenvalue weighted by Gasteiger charge is 2.32. The van der Waals surface area contributed by atoms with Crippen molar-refractivity contribution in [1.29, 1.82) is 0 Å². The van der Waals surface area contributed by atoms with Gasteiger partial charge in [0.25, 0.3) is 0 Å². The molecule has 1 aliphatic heterocycles. The number of aldehydes is 1. The molecule has 0 aromatic heterocycles. The smallest absolute Gasteiger partial charge is 0.200 e. The van der Waals surface area contributed by atoms with Gasteiger partial charge in [-0.1, -0.05) is 30.3 Å². The Morgan fingerprint density at radius 2 is 2.11 bits per heavy atom. The van der Waals surface area contributed by atoms with Crippen LogP contribution in [0.3, 0.4) is 0 Å². The second-order valence-corrected chi connectivity index (χ2v) is 4.96. The summed E-state index contributed by atoms with van der Waals surface area (Å²) in [5, 5.41) is 2.73. The van der Waals surface area contributed by atoms with Crippen LogP contribution in [0, 0.1) is 5.92 Å². The quantitative estimate of drug-likeness (QED) is 0.630. The van der Waals surface area contributed by atoms with Crippen molar-refractivity contribution >= 4 is 19.9 Å². The molecule has 98 valence electrons. The third kappa shape index (κ3) is 3.93. The first-order chi connectivity index (χ1) is 9.19. The SMILES string of the molecule is [B]C(=O)NC1CN(Cc2ccccc2)C[C@@H]1CC=O. The van der Waals surface area contributed by atoms with Crippen LogP contribution in [0.25, 0.3) is 0 Å². The summed E-state index contributed by atoms with van der Waals surface area (Å²) in [6.45, 7) is 2.36. The fourth-order valence-corrected chi connectivity index (χ4v) is 2.64. The van der Waals surface area contributed by atoms with Crippen molar-refractivity contribution in [3.8, 4) is 0 Å². The molecular weight excluding hydrogens is 239 g/mol. The van der Waals surface area contributed by atoms with Crippen molar-refractivity contribution < 1.29 is 9.59 Å². The standard InChI is InChI=1S/C14H17BN2O2/c15-14(19)16-13-10-17(9-12(13)6-7-18)8-11-4-2-1-3-5-11/h1-5,7,12-13H,6,8-10H2,(H,16,19)/t12-,13?/m0/s1. The Morgan fingerprint density at radius 1 is 1.37 bits per heavy atom. The van der Waals surface area contributed by atoms with E-state index in [2.05, 4.69) is 22.3 Å². The molecule has 1 saturated heterocycles. The number of nitrogens with one attached hydrogen (secondary N) is 1. The number of hydrogen-bond donors (Lipinski definition) is 1. The number of carbonyl (C=O) groups excluding carboxylic acids is 2. The van der Waals surface area contributed by atoms with Crippen molar-refractivity contribution in [2.24, 2.45) is 5.92 Å². The summed E-state index contributed by atoms with van der Waals surface area (Å²) >= 11 is 0. The summed E-state index contributed by atoms with van der Waals surface area (Å²) in [4.78, 5) is 23.9. The average Bonchev–Trinajstić information content (AvgIpc) is 2.72. The lowest BCUT2D eigenvalue weighted by molar-refractivity contribution is -0.108. The van der Waals surface area contributed by atoms with E-state index >= 15 is 0 Å². The molecule has 2 atom stereocenters. The van der Waals surface area contributed by atoms with E-state index in [1.165, 1.54) is 5.56 Å². The molecule has 5 heteroatoms. The minimum Gasteiger partial charge on any atom is -0.362 e. The number of nitrogens with zero attached hydrogens (tertiary/aromatic N) is 1. The lowest BCUT2D eigenvalue weighted by Gasteiger charge is -2.17. The largest absolute Gasteiger partial charge is 0.362 e. The van der Waals surface area contributed by atoms with E-state index in [1.807, 2.05) is 18.2 Å². The van der Waals surface area contributed by atoms with E-state index < -0.39 is 5.81 Å². The first-order valence-corrected chi connectivity index (χ1v) is 6.45. The van der Waals surface area contributed by atoms with Crippen LogP contribution in [0.5, 0.6) is 0 Å². The zero-order chi connectivity index (χ0) is 13.7. The van der Waals surface area contributed by atoms with Crippen LogP contribution in [0.2, 0.25) is 0 Å². The molecule has 0 bridgehead atoms. The predicted molar refractivity (Wildman–Crippen MR) is 74.0 cm³/mol. The molecular formula is C14H17BN2O2. The highest BCUT2D eigenvalue weighted by Crippen LogP contribution is 2.21. The van der Waals surface area contributed by atoms with Crippen LogP contribution in [0.4, 0.5) is 4.79 Å². The molecule has 1 aliphatic rings. The van der Waals surface area contributed by atoms with Gasteiger partial charge in [0, 0.05) is 32.1 Å². The summed E-state index contributed by atoms with van der Waals surface area (Å²) in [5.74, 6) is -0.379. The summed E-state index contributed by atoms with van der Waals surface area (Å²) in [6, 6.07) is 10.1. The van der Waals surface area contributed by atoms with Gasteiger partial charge in [0.1, 0.15) is 6.29 Å². The van der Waals surface area contributed by atoms with Crippen LogP contribution < -0.4 is 5.32 Å². The van der Waals surface area contributed by atoms with Crippen LogP contribution in [0.15, 0.2) is 30.3 Å². The Bertz CT molecular complexity index is 438. The zero-order valence-corrected chi connectivity index (χ0v) is 10.8. The second-order valence-electron chi connectivity index (χ2n) is 4.96. The number of carbonyl (C=O) groups is 2. The van der Waals surface area contributed by atoms with Gasteiger partial charge in [-0.15, -0.1) is 0 Å². The molecule has 1 fully saturated rings. The number of rotatable bonds is 5. The van der Waals surface area contributed by atoms with E-state index in [4.69, 9.17) is 7.85 Å². The van der Waals surface area contributed by atoms with Gasteiger partial charge < -0.3 is 10.1 Å². The monoisotopic (exact) mass is 256 g/mol. The van der Waals surface area contributed by atoms with Crippen LogP contribution in [-0.4, -0.2) is 44.0 Å². The fraction of sp³-hybridized carbons (Fsp3) is 0.429. The van der Waals surface area contributed by atoms with E-state index in [-0.39, 0.29) is 12.0 Å². The Kier molecular flexibility index (Phi) is 4.74. The molecule has 1 unspecified atom stereocenters. The van der Waals surface area contributed by atoms with Gasteiger partial charge in [-0.25, -0.2) is 0 Å². The highest BCUT2D eigenvalue weighted by atomic mass is 16.1. The van der Waals surface area contributed by atoms with Crippen molar-refractivity contribution in [2.75, 3.05) is 13.1 Å². The topological polar surface area (TPSA) is 49.4 Å². The van der Waals surface area contributed by atoms with Gasteiger partial charge in [-0.05, 0) is 11.5 Å². The highest BCUT2D eigenvalue weighted by molar-refractivity contribution is 6.57. The van der Waals surface area contributed by atoms with Crippen LogP contribution in [0.1, 0.15) is 12.0 Å². The molecule has 1 N–H and O–H groups in total. The minimum atomic E-state index is -0.525. The third-order valence-electron chi connectivity index (χ3n) is 3.49. The maximum atomic E-state index is 11.0. The molecule has 1 amide bonds. The van der Waals surface area contributed by atoms with Crippen LogP contribution in [-0.2, 0) is 11.3 Å². The molecule has 2 rings (SSSR count). The van der Waals surface area contributed by atoms with Crippen molar-refractivity contribution in [2.45, 2.75) is 19.0 Å². The summed E-state index contributed by atoms with van der Waals surface area (Å²) in [6.07, 6.45) is 1.36. The van der Waals surface area contributed by atoms with E-state index in [0.717, 1.165) is 25.9 Å². The van der Waals surface area contributed by atoms with E-state index in [9.17, 15) is 9.59 Å². The Morgan fingerprint density at radius 3 is 2.74 bits per heavy atom. The van der Waals surface area contributed by atoms with Gasteiger partial charge in [-0.3, -0.25) is 9.69 Å². The number of likely N-dealkylation sites (tertiary alicyclic amines) is 1. The molecule has 19 heavy (non-hydrogen) atoms. The van der Waals surface area contributed by atoms with E-state index in [0.29, 0.717) is 6.42 Å². The molecule has 0 saturated carbocycles. The lowest BCUT2D eigenvalue weighted by atomic mass is 9.99. The molecule has 1 aromatic carbocycles. The fourth-order valence-electron chi connectivity index (χ4n) is 2.64. The summed E-state index contributed by atoms with van der Waals surface area (Å²) in [5.41, 5.74) is 1.23. The van der Waals surface area contributed by atoms with Crippen molar-refractivity contribution in [3.63, 3.8) is 0 Å². The Hall–Kier alpha value is -1.62. The molecule has 0 aliphatic carbocycles. The second kappa shape index (κ2) is 6.52. The number of hydrogen-bond acceptors (Lipinski definition) is 3. The maximum Gasteiger partial charge on any atom is 0.200 e. The van der Waals surface area contributed by atoms with Crippen molar-refractivity contribution in [3.05, 3.63) is 35.9 Å². The molecule has 1 aromatic rings. The first kappa shape index (κ1) is 13.8. The van der Waals surface area contributed by atoms with Crippen molar-refractivity contribution in [1.82, 2.24) is 10.2 Å². The third-order valence-corrected chi connectivity index (χ3v) is 3.49. The lowest BCUT2D eigenvalue weighted by Crippen LogP contribution is -2.40. The predicted octanol–water partition coefficient (Wildman–Crippen LogP) is 0.954. The average molecular weight is 256 g/mol. The van der Waals surface area contributed by atoms with Crippen LogP contribution >= 0.6 is 0 Å². The normalized spacial score (nSPS) is 23.2. The minimum absolute atomic E-state index is 0.0357. The molecule has 4 nitrogen and oxygen atoms in total. The Balaban J connectivity index is 1.97. The van der Waals surface area contributed by atoms with Gasteiger partial charge >= 0.3 is 0 Å². The van der Waals surface area contributed by atoms with E-state index in [1.54, 1.807) is 0 Å². The number of benzene rings is 1. The summed E-state index contributed by atoms with van der Waals surface area (Å²) in [7, 11) is 5.17. The molecule has 1 heterocycles. The van der Waals surface area contributed by atoms with Gasteiger partial charge in [0.15, 0.2) is 5.81 Å². The molecule has 0 spiro atoms.